The number of ether oxygens (including phenoxy) is 4. The average Bonchev–Trinajstić information content (AvgIpc) is 2.92. The van der Waals surface area contributed by atoms with E-state index in [-0.39, 0.29) is 11.3 Å². The van der Waals surface area contributed by atoms with E-state index in [0.717, 1.165) is 0 Å². The van der Waals surface area contributed by atoms with Gasteiger partial charge in [-0.25, -0.2) is 10.2 Å². The molecule has 1 N–H and O–H groups in total. The zero-order valence-corrected chi connectivity index (χ0v) is 20.2. The minimum atomic E-state index is -0.614. The predicted molar refractivity (Wildman–Crippen MR) is 135 cm³/mol. The summed E-state index contributed by atoms with van der Waals surface area (Å²) in [4.78, 5) is 34.7. The van der Waals surface area contributed by atoms with E-state index in [1.165, 1.54) is 76.1 Å². The van der Waals surface area contributed by atoms with Gasteiger partial charge >= 0.3 is 5.97 Å². The van der Waals surface area contributed by atoms with Crippen molar-refractivity contribution >= 4 is 29.9 Å². The van der Waals surface area contributed by atoms with E-state index in [1.807, 2.05) is 0 Å². The van der Waals surface area contributed by atoms with Crippen LogP contribution < -0.4 is 24.4 Å². The number of nitrogens with zero attached hydrogens (tertiary/aromatic N) is 2. The van der Waals surface area contributed by atoms with Gasteiger partial charge in [-0.1, -0.05) is 0 Å². The smallest absolute Gasteiger partial charge is 0.336 e. The number of carbonyl (C=O) groups is 2. The highest BCUT2D eigenvalue weighted by Gasteiger charge is 2.16. The average molecular weight is 505 g/mol. The van der Waals surface area contributed by atoms with E-state index in [0.29, 0.717) is 34.1 Å². The first kappa shape index (κ1) is 26.4. The van der Waals surface area contributed by atoms with Crippen LogP contribution in [-0.4, -0.2) is 44.3 Å². The van der Waals surface area contributed by atoms with E-state index in [2.05, 4.69) is 10.5 Å². The summed E-state index contributed by atoms with van der Waals surface area (Å²) in [5, 5.41) is 14.6. The number of methoxy groups -OCH3 is 3. The third-order valence-electron chi connectivity index (χ3n) is 4.92. The Morgan fingerprint density at radius 1 is 0.892 bits per heavy atom. The Morgan fingerprint density at radius 3 is 2.03 bits per heavy atom. The SMILES string of the molecule is COc1cc(C(=O)N/N=C\c2ccc(OC(=O)/C=C/c3ccc([N+](=O)[O-])cc3)cc2)cc(OC)c1OC. The molecular weight excluding hydrogens is 482 g/mol. The fraction of sp³-hybridized carbons (Fsp3) is 0.115. The third-order valence-corrected chi connectivity index (χ3v) is 4.92. The van der Waals surface area contributed by atoms with Crippen molar-refractivity contribution in [2.24, 2.45) is 5.10 Å². The van der Waals surface area contributed by atoms with Crippen molar-refractivity contribution in [2.45, 2.75) is 0 Å². The molecule has 0 atom stereocenters. The summed E-state index contributed by atoms with van der Waals surface area (Å²) in [5.41, 5.74) is 3.90. The lowest BCUT2D eigenvalue weighted by atomic mass is 10.1. The van der Waals surface area contributed by atoms with Crippen LogP contribution in [0.15, 0.2) is 71.8 Å². The molecule has 190 valence electrons. The van der Waals surface area contributed by atoms with Crippen molar-refractivity contribution in [3.63, 3.8) is 0 Å². The zero-order valence-electron chi connectivity index (χ0n) is 20.2. The Morgan fingerprint density at radius 2 is 1.49 bits per heavy atom. The van der Waals surface area contributed by atoms with Crippen LogP contribution in [0.2, 0.25) is 0 Å². The van der Waals surface area contributed by atoms with E-state index in [4.69, 9.17) is 18.9 Å². The highest BCUT2D eigenvalue weighted by atomic mass is 16.6. The molecule has 0 saturated carbocycles. The van der Waals surface area contributed by atoms with E-state index >= 15 is 0 Å². The largest absolute Gasteiger partial charge is 0.493 e. The van der Waals surface area contributed by atoms with Gasteiger partial charge in [0, 0.05) is 23.8 Å². The number of nitrogens with one attached hydrogen (secondary N) is 1. The lowest BCUT2D eigenvalue weighted by Crippen LogP contribution is -2.18. The molecule has 0 aliphatic rings. The molecular formula is C26H23N3O8. The van der Waals surface area contributed by atoms with Gasteiger partial charge in [-0.2, -0.15) is 5.10 Å². The van der Waals surface area contributed by atoms with Crippen molar-refractivity contribution in [1.29, 1.82) is 0 Å². The van der Waals surface area contributed by atoms with Gasteiger partial charge < -0.3 is 18.9 Å². The molecule has 0 unspecified atom stereocenters. The summed E-state index contributed by atoms with van der Waals surface area (Å²) >= 11 is 0. The number of amides is 1. The number of nitro benzene ring substituents is 1. The Kier molecular flexibility index (Phi) is 8.92. The molecule has 0 aliphatic heterocycles. The van der Waals surface area contributed by atoms with E-state index in [9.17, 15) is 19.7 Å². The second-order valence-electron chi connectivity index (χ2n) is 7.29. The van der Waals surface area contributed by atoms with Gasteiger partial charge in [0.05, 0.1) is 32.5 Å². The Balaban J connectivity index is 1.56. The number of carbonyl (C=O) groups excluding carboxylic acids is 2. The van der Waals surface area contributed by atoms with Crippen LogP contribution in [0.3, 0.4) is 0 Å². The topological polar surface area (TPSA) is 139 Å². The number of nitro groups is 1. The summed E-state index contributed by atoms with van der Waals surface area (Å²) < 4.78 is 21.0. The molecule has 0 aromatic heterocycles. The van der Waals surface area contributed by atoms with Crippen LogP contribution in [-0.2, 0) is 4.79 Å². The highest BCUT2D eigenvalue weighted by molar-refractivity contribution is 5.96. The fourth-order valence-electron chi connectivity index (χ4n) is 3.09. The third kappa shape index (κ3) is 7.15. The monoisotopic (exact) mass is 505 g/mol. The quantitative estimate of drug-likeness (QED) is 0.109. The summed E-state index contributed by atoms with van der Waals surface area (Å²) in [6, 6.07) is 15.2. The first-order chi connectivity index (χ1) is 17.8. The molecule has 0 bridgehead atoms. The van der Waals surface area contributed by atoms with Crippen molar-refractivity contribution < 1.29 is 33.5 Å². The van der Waals surface area contributed by atoms with Crippen molar-refractivity contribution in [1.82, 2.24) is 5.43 Å². The Bertz CT molecular complexity index is 1310. The first-order valence-corrected chi connectivity index (χ1v) is 10.7. The van der Waals surface area contributed by atoms with Gasteiger partial charge in [-0.05, 0) is 65.7 Å². The zero-order chi connectivity index (χ0) is 26.8. The number of esters is 1. The standard InChI is InChI=1S/C26H23N3O8/c1-34-22-14-19(15-23(35-2)25(22)36-3)26(31)28-27-16-18-6-11-21(12-7-18)37-24(30)13-8-17-4-9-20(10-5-17)29(32)33/h4-16H,1-3H3,(H,28,31)/b13-8+,27-16-. The first-order valence-electron chi connectivity index (χ1n) is 10.7. The number of hydrazone groups is 1. The van der Waals surface area contributed by atoms with Gasteiger partial charge in [0.2, 0.25) is 5.75 Å². The van der Waals surface area contributed by atoms with Gasteiger partial charge in [0.25, 0.3) is 11.6 Å². The lowest BCUT2D eigenvalue weighted by molar-refractivity contribution is -0.384. The lowest BCUT2D eigenvalue weighted by Gasteiger charge is -2.13. The minimum Gasteiger partial charge on any atom is -0.493 e. The highest BCUT2D eigenvalue weighted by Crippen LogP contribution is 2.38. The summed E-state index contributed by atoms with van der Waals surface area (Å²) in [7, 11) is 4.37. The molecule has 37 heavy (non-hydrogen) atoms. The molecule has 0 spiro atoms. The number of hydrogen-bond donors (Lipinski definition) is 1. The molecule has 0 heterocycles. The maximum atomic E-state index is 12.5. The fourth-order valence-corrected chi connectivity index (χ4v) is 3.09. The molecule has 3 rings (SSSR count). The second kappa shape index (κ2) is 12.5. The van der Waals surface area contributed by atoms with Crippen LogP contribution >= 0.6 is 0 Å². The number of non-ortho nitro benzene ring substituents is 1. The second-order valence-corrected chi connectivity index (χ2v) is 7.29. The van der Waals surface area contributed by atoms with Crippen molar-refractivity contribution in [3.8, 4) is 23.0 Å². The molecule has 1 amide bonds. The van der Waals surface area contributed by atoms with Gasteiger partial charge in [-0.15, -0.1) is 0 Å². The number of hydrogen-bond acceptors (Lipinski definition) is 9. The Labute approximate surface area is 212 Å². The molecule has 3 aromatic carbocycles. The summed E-state index contributed by atoms with van der Waals surface area (Å²) in [5.74, 6) is 0.246. The predicted octanol–water partition coefficient (Wildman–Crippen LogP) is 4.00. The van der Waals surface area contributed by atoms with Crippen LogP contribution in [0, 0.1) is 10.1 Å². The molecule has 0 fully saturated rings. The number of rotatable bonds is 10. The van der Waals surface area contributed by atoms with E-state index in [1.54, 1.807) is 24.3 Å². The van der Waals surface area contributed by atoms with Gasteiger partial charge in [0.15, 0.2) is 11.5 Å². The summed E-state index contributed by atoms with van der Waals surface area (Å²) in [6.45, 7) is 0. The normalized spacial score (nSPS) is 10.8. The van der Waals surface area contributed by atoms with Crippen LogP contribution in [0.25, 0.3) is 6.08 Å². The molecule has 0 saturated heterocycles. The molecule has 0 aliphatic carbocycles. The minimum absolute atomic E-state index is 0.0379. The van der Waals surface area contributed by atoms with Crippen LogP contribution in [0.4, 0.5) is 5.69 Å². The molecule has 11 nitrogen and oxygen atoms in total. The van der Waals surface area contributed by atoms with E-state index < -0.39 is 16.8 Å². The van der Waals surface area contributed by atoms with Crippen molar-refractivity contribution in [3.05, 3.63) is 93.5 Å². The van der Waals surface area contributed by atoms with Crippen LogP contribution in [0.5, 0.6) is 23.0 Å². The molecule has 0 radical (unpaired) electrons. The Hall–Kier alpha value is -5.19. The van der Waals surface area contributed by atoms with Crippen LogP contribution in [0.1, 0.15) is 21.5 Å². The van der Waals surface area contributed by atoms with Gasteiger partial charge in [0.1, 0.15) is 5.75 Å². The van der Waals surface area contributed by atoms with Crippen molar-refractivity contribution in [2.75, 3.05) is 21.3 Å². The maximum Gasteiger partial charge on any atom is 0.336 e. The summed E-state index contributed by atoms with van der Waals surface area (Å²) in [6.07, 6.45) is 4.13. The molecule has 3 aromatic rings. The van der Waals surface area contributed by atoms with Gasteiger partial charge in [-0.3, -0.25) is 14.9 Å². The molecule has 11 heteroatoms. The number of benzene rings is 3. The maximum absolute atomic E-state index is 12.5.